The van der Waals surface area contributed by atoms with Gasteiger partial charge in [-0.1, -0.05) is 0 Å². The van der Waals surface area contributed by atoms with Crippen molar-refractivity contribution in [1.82, 2.24) is 9.55 Å². The fraction of sp³-hybridized carbons (Fsp3) is 0.409. The van der Waals surface area contributed by atoms with Gasteiger partial charge in [-0.2, -0.15) is 4.98 Å². The van der Waals surface area contributed by atoms with Crippen molar-refractivity contribution in [2.75, 3.05) is 26.1 Å². The molecular weight excluding hydrogens is 519 g/mol. The maximum atomic E-state index is 14.5. The molecule has 3 aromatic rings. The molecule has 1 fully saturated rings. The van der Waals surface area contributed by atoms with Crippen LogP contribution in [0, 0.1) is 6.92 Å². The molecule has 3 heterocycles. The predicted octanol–water partition coefficient (Wildman–Crippen LogP) is 3.86. The van der Waals surface area contributed by atoms with Gasteiger partial charge in [0.2, 0.25) is 6.23 Å². The summed E-state index contributed by atoms with van der Waals surface area (Å²) < 4.78 is 60.3. The quantitative estimate of drug-likeness (QED) is 0.382. The van der Waals surface area contributed by atoms with Crippen LogP contribution in [0.4, 0.5) is 19.4 Å². The number of halogens is 2. The van der Waals surface area contributed by atoms with Gasteiger partial charge in [0, 0.05) is 25.1 Å². The van der Waals surface area contributed by atoms with Gasteiger partial charge in [-0.05, 0) is 36.8 Å². The van der Waals surface area contributed by atoms with Gasteiger partial charge >= 0.3 is 20.4 Å². The zero-order valence-electron chi connectivity index (χ0n) is 20.0. The lowest BCUT2D eigenvalue weighted by Gasteiger charge is -2.20. The number of aryl methyl sites for hydroxylation is 1. The minimum absolute atomic E-state index is 0.204. The molecule has 1 saturated heterocycles. The Hall–Kier alpha value is -3.16. The molecule has 2 N–H and O–H groups in total. The number of methoxy groups -OCH3 is 1. The van der Waals surface area contributed by atoms with Crippen LogP contribution < -0.4 is 15.7 Å². The number of aromatic nitrogens is 2. The van der Waals surface area contributed by atoms with Crippen LogP contribution in [-0.4, -0.2) is 53.4 Å². The van der Waals surface area contributed by atoms with Crippen molar-refractivity contribution in [3.05, 3.63) is 52.3 Å². The van der Waals surface area contributed by atoms with E-state index in [-0.39, 0.29) is 19.0 Å². The van der Waals surface area contributed by atoms with Crippen molar-refractivity contribution in [2.24, 2.45) is 0 Å². The number of anilines is 1. The first-order valence-electron chi connectivity index (χ1n) is 10.9. The number of nitrogens with zero attached hydrogens (tertiary/aromatic N) is 2. The number of alkyl halides is 2. The highest BCUT2D eigenvalue weighted by molar-refractivity contribution is 7.40. The number of amides is 1. The third kappa shape index (κ3) is 6.22. The van der Waals surface area contributed by atoms with Crippen LogP contribution >= 0.6 is 8.60 Å². The number of furan rings is 1. The zero-order valence-corrected chi connectivity index (χ0v) is 20.9. The van der Waals surface area contributed by atoms with E-state index >= 15 is 0 Å². The smallest absolute Gasteiger partial charge is 0.413 e. The molecule has 1 aliphatic rings. The number of carbonyl (C=O) groups is 1. The summed E-state index contributed by atoms with van der Waals surface area (Å²) in [4.78, 5) is 37.5. The molecule has 1 amide bonds. The number of ether oxygens (including phenoxy) is 3. The molecule has 0 bridgehead atoms. The first-order chi connectivity index (χ1) is 17.6. The minimum atomic E-state index is -3.41. The van der Waals surface area contributed by atoms with Gasteiger partial charge in [-0.3, -0.25) is 9.88 Å². The second-order valence-corrected chi connectivity index (χ2v) is 9.17. The highest BCUT2D eigenvalue weighted by Crippen LogP contribution is 2.43. The lowest BCUT2D eigenvalue weighted by atomic mass is 10.1. The molecule has 3 atom stereocenters. The summed E-state index contributed by atoms with van der Waals surface area (Å²) in [5.74, 6) is -2.58. The Morgan fingerprint density at radius 2 is 2.14 bits per heavy atom. The number of carbonyl (C=O) groups excluding carboxylic acids is 1. The van der Waals surface area contributed by atoms with E-state index in [0.29, 0.717) is 21.7 Å². The van der Waals surface area contributed by atoms with E-state index in [1.54, 1.807) is 19.2 Å². The van der Waals surface area contributed by atoms with E-state index in [0.717, 1.165) is 23.2 Å². The number of hydrogen-bond donors (Lipinski definition) is 2. The Balaban J connectivity index is 1.36. The van der Waals surface area contributed by atoms with E-state index < -0.39 is 45.1 Å². The largest absolute Gasteiger partial charge is 0.497 e. The zero-order chi connectivity index (χ0) is 26.7. The van der Waals surface area contributed by atoms with E-state index in [1.807, 2.05) is 13.0 Å². The fourth-order valence-electron chi connectivity index (χ4n) is 3.78. The van der Waals surface area contributed by atoms with Gasteiger partial charge < -0.3 is 32.6 Å². The second kappa shape index (κ2) is 11.1. The molecular formula is C22H24F2N3O9P. The maximum absolute atomic E-state index is 14.5. The van der Waals surface area contributed by atoms with E-state index in [4.69, 9.17) is 23.2 Å². The summed E-state index contributed by atoms with van der Waals surface area (Å²) in [7, 11) is 0.544. The van der Waals surface area contributed by atoms with Crippen LogP contribution in [-0.2, 0) is 25.1 Å². The average Bonchev–Trinajstić information content (AvgIpc) is 3.41. The molecule has 4 rings (SSSR count). The van der Waals surface area contributed by atoms with Gasteiger partial charge in [0.05, 0.1) is 19.8 Å². The molecule has 37 heavy (non-hydrogen) atoms. The lowest BCUT2D eigenvalue weighted by molar-refractivity contribution is -0.119. The number of rotatable bonds is 9. The van der Waals surface area contributed by atoms with Crippen LogP contribution in [0.2, 0.25) is 0 Å². The van der Waals surface area contributed by atoms with E-state index in [1.165, 1.54) is 7.11 Å². The average molecular weight is 543 g/mol. The molecule has 0 aliphatic carbocycles. The summed E-state index contributed by atoms with van der Waals surface area (Å²) in [6.45, 7) is 1.30. The van der Waals surface area contributed by atoms with Crippen LogP contribution in [0.1, 0.15) is 24.0 Å². The van der Waals surface area contributed by atoms with Crippen LogP contribution in [0.5, 0.6) is 5.75 Å². The van der Waals surface area contributed by atoms with Crippen molar-refractivity contribution in [1.29, 1.82) is 0 Å². The maximum Gasteiger partial charge on any atom is 0.413 e. The van der Waals surface area contributed by atoms with Gasteiger partial charge in [-0.15, -0.1) is 0 Å². The first-order valence-corrected chi connectivity index (χ1v) is 12.0. The van der Waals surface area contributed by atoms with Crippen molar-refractivity contribution >= 4 is 31.5 Å². The molecule has 200 valence electrons. The Bertz CT molecular complexity index is 1330. The number of hydrogen-bond acceptors (Lipinski definition) is 10. The molecule has 3 unspecified atom stereocenters. The molecule has 0 saturated carbocycles. The van der Waals surface area contributed by atoms with Crippen molar-refractivity contribution in [3.63, 3.8) is 0 Å². The number of benzene rings is 1. The number of nitrogens with one attached hydrogen (secondary N) is 1. The molecule has 12 nitrogen and oxygen atoms in total. The van der Waals surface area contributed by atoms with Gasteiger partial charge in [0.25, 0.3) is 5.92 Å². The third-order valence-electron chi connectivity index (χ3n) is 5.43. The molecule has 1 aliphatic heterocycles. The summed E-state index contributed by atoms with van der Waals surface area (Å²) in [6, 6.07) is 6.45. The summed E-state index contributed by atoms with van der Waals surface area (Å²) in [5, 5.41) is 3.04. The molecule has 0 radical (unpaired) electrons. The number of fused-ring (bicyclic) bond motifs is 1. The first kappa shape index (κ1) is 26.9. The highest BCUT2D eigenvalue weighted by Gasteiger charge is 2.52. The lowest BCUT2D eigenvalue weighted by Crippen LogP contribution is -2.35. The normalized spacial score (nSPS) is 19.6. The topological polar surface area (TPSA) is 144 Å². The Labute approximate surface area is 210 Å². The molecule has 2 aromatic heterocycles. The molecule has 15 heteroatoms. The highest BCUT2D eigenvalue weighted by atomic mass is 31.2. The van der Waals surface area contributed by atoms with Crippen molar-refractivity contribution < 1.29 is 46.1 Å². The van der Waals surface area contributed by atoms with Crippen LogP contribution in [0.3, 0.4) is 0 Å². The van der Waals surface area contributed by atoms with Gasteiger partial charge in [-0.25, -0.2) is 18.4 Å². The Kier molecular flexibility index (Phi) is 8.05. The third-order valence-corrected chi connectivity index (χ3v) is 6.11. The summed E-state index contributed by atoms with van der Waals surface area (Å²) in [5.41, 5.74) is 0.395. The van der Waals surface area contributed by atoms with E-state index in [9.17, 15) is 23.3 Å². The Morgan fingerprint density at radius 1 is 1.35 bits per heavy atom. The molecule has 1 aromatic carbocycles. The fourth-order valence-corrected chi connectivity index (χ4v) is 4.18. The molecule has 0 spiro atoms. The van der Waals surface area contributed by atoms with Crippen molar-refractivity contribution in [2.45, 2.75) is 38.2 Å². The van der Waals surface area contributed by atoms with Crippen LogP contribution in [0.15, 0.2) is 39.7 Å². The predicted molar refractivity (Wildman–Crippen MR) is 125 cm³/mol. The Morgan fingerprint density at radius 3 is 2.84 bits per heavy atom. The SMILES string of the molecule is COc1cc(C)c2oc(COC(=O)Nc3ccn(C4OC(COP(O)OC)CC4(F)F)c(=O)n3)cc2c1. The summed E-state index contributed by atoms with van der Waals surface area (Å²) >= 11 is 0. The minimum Gasteiger partial charge on any atom is -0.497 e. The standard InChI is InChI=1S/C22H24F2N3O9P/c1-12-6-14(31-2)7-13-8-15(35-18(12)13)10-33-21(29)26-17-4-5-27(20(28)25-17)19-22(23,24)9-16(36-19)11-34-37(30)32-3/h4-8,16,19,30H,9-11H2,1-3H3,(H,25,26,28,29). The van der Waals surface area contributed by atoms with Gasteiger partial charge in [0.1, 0.15) is 22.9 Å². The van der Waals surface area contributed by atoms with E-state index in [2.05, 4.69) is 14.8 Å². The van der Waals surface area contributed by atoms with Crippen molar-refractivity contribution in [3.8, 4) is 5.75 Å². The monoisotopic (exact) mass is 543 g/mol. The van der Waals surface area contributed by atoms with Gasteiger partial charge in [0.15, 0.2) is 6.61 Å². The summed E-state index contributed by atoms with van der Waals surface area (Å²) in [6.07, 6.45) is -3.68. The second-order valence-electron chi connectivity index (χ2n) is 8.07. The van der Waals surface area contributed by atoms with Crippen LogP contribution in [0.25, 0.3) is 11.0 Å².